The fraction of sp³-hybridized carbons (Fsp3) is 0.238. The minimum atomic E-state index is -0.459. The SMILES string of the molecule is CN(C)CCOC(=O)CNC(=O)N1c2ccccc2C=Cc2ccccc21. The van der Waals surface area contributed by atoms with Crippen molar-refractivity contribution in [2.45, 2.75) is 0 Å². The lowest BCUT2D eigenvalue weighted by atomic mass is 10.1. The molecular formula is C21H23N3O3. The highest BCUT2D eigenvalue weighted by molar-refractivity contribution is 6.06. The molecule has 0 aromatic heterocycles. The molecule has 0 saturated heterocycles. The van der Waals surface area contributed by atoms with Crippen LogP contribution in [-0.2, 0) is 9.53 Å². The molecule has 0 fully saturated rings. The molecule has 0 aliphatic carbocycles. The van der Waals surface area contributed by atoms with Gasteiger partial charge in [0.1, 0.15) is 13.2 Å². The smallest absolute Gasteiger partial charge is 0.327 e. The Kier molecular flexibility index (Phi) is 5.88. The molecule has 0 bridgehead atoms. The Labute approximate surface area is 159 Å². The Hall–Kier alpha value is -3.12. The number of hydrogen-bond donors (Lipinski definition) is 1. The molecule has 0 unspecified atom stereocenters. The van der Waals surface area contributed by atoms with E-state index in [1.165, 1.54) is 0 Å². The van der Waals surface area contributed by atoms with Crippen molar-refractivity contribution in [2.24, 2.45) is 0 Å². The second-order valence-corrected chi connectivity index (χ2v) is 6.47. The zero-order chi connectivity index (χ0) is 19.2. The summed E-state index contributed by atoms with van der Waals surface area (Å²) in [6.45, 7) is 0.750. The van der Waals surface area contributed by atoms with Crippen molar-refractivity contribution in [1.29, 1.82) is 0 Å². The van der Waals surface area contributed by atoms with Crippen LogP contribution < -0.4 is 10.2 Å². The van der Waals surface area contributed by atoms with Crippen LogP contribution in [0.5, 0.6) is 0 Å². The van der Waals surface area contributed by atoms with Gasteiger partial charge in [-0.1, -0.05) is 48.6 Å². The maximum absolute atomic E-state index is 12.9. The molecule has 0 spiro atoms. The summed E-state index contributed by atoms with van der Waals surface area (Å²) in [5.41, 5.74) is 3.38. The number of amides is 2. The van der Waals surface area contributed by atoms with Crippen molar-refractivity contribution >= 4 is 35.5 Å². The summed E-state index contributed by atoms with van der Waals surface area (Å²) in [6, 6.07) is 14.9. The predicted octanol–water partition coefficient (Wildman–Crippen LogP) is 3.12. The number of fused-ring (bicyclic) bond motifs is 2. The van der Waals surface area contributed by atoms with Gasteiger partial charge in [0.05, 0.1) is 11.4 Å². The molecule has 6 heteroatoms. The number of para-hydroxylation sites is 2. The number of urea groups is 1. The Morgan fingerprint density at radius 1 is 0.963 bits per heavy atom. The quantitative estimate of drug-likeness (QED) is 0.827. The number of ether oxygens (including phenoxy) is 1. The number of nitrogens with zero attached hydrogens (tertiary/aromatic N) is 2. The third-order valence-corrected chi connectivity index (χ3v) is 4.19. The highest BCUT2D eigenvalue weighted by Gasteiger charge is 2.24. The number of hydrogen-bond acceptors (Lipinski definition) is 4. The summed E-state index contributed by atoms with van der Waals surface area (Å²) in [7, 11) is 3.80. The number of nitrogens with one attached hydrogen (secondary N) is 1. The standard InChI is InChI=1S/C21H23N3O3/c1-23(2)13-14-27-20(25)15-22-21(26)24-18-9-5-3-7-16(18)11-12-17-8-4-6-10-19(17)24/h3-12H,13-15H2,1-2H3,(H,22,26). The summed E-state index contributed by atoms with van der Waals surface area (Å²) >= 11 is 0. The molecule has 1 heterocycles. The first-order chi connectivity index (χ1) is 13.1. The minimum absolute atomic E-state index is 0.180. The number of rotatable bonds is 5. The number of benzene rings is 2. The van der Waals surface area contributed by atoms with Crippen LogP contribution in [0.3, 0.4) is 0 Å². The Balaban J connectivity index is 1.76. The third-order valence-electron chi connectivity index (χ3n) is 4.19. The average Bonchev–Trinajstić information content (AvgIpc) is 2.83. The van der Waals surface area contributed by atoms with Crippen molar-refractivity contribution in [3.05, 3.63) is 59.7 Å². The van der Waals surface area contributed by atoms with Crippen LogP contribution in [0.1, 0.15) is 11.1 Å². The van der Waals surface area contributed by atoms with Gasteiger partial charge >= 0.3 is 12.0 Å². The lowest BCUT2D eigenvalue weighted by molar-refractivity contribution is -0.142. The van der Waals surface area contributed by atoms with Crippen molar-refractivity contribution in [2.75, 3.05) is 38.7 Å². The van der Waals surface area contributed by atoms with E-state index in [0.717, 1.165) is 22.5 Å². The number of esters is 1. The first-order valence-electron chi connectivity index (χ1n) is 8.81. The van der Waals surface area contributed by atoms with Crippen LogP contribution in [-0.4, -0.2) is 50.7 Å². The molecule has 0 atom stereocenters. The van der Waals surface area contributed by atoms with Gasteiger partial charge in [-0.15, -0.1) is 0 Å². The van der Waals surface area contributed by atoms with E-state index >= 15 is 0 Å². The van der Waals surface area contributed by atoms with Crippen LogP contribution in [0, 0.1) is 0 Å². The molecule has 2 amide bonds. The number of carbonyl (C=O) groups excluding carboxylic acids is 2. The fourth-order valence-electron chi connectivity index (χ4n) is 2.81. The molecule has 140 valence electrons. The summed E-state index contributed by atoms with van der Waals surface area (Å²) in [5.74, 6) is -0.459. The molecule has 3 rings (SSSR count). The van der Waals surface area contributed by atoms with Gasteiger partial charge in [-0.3, -0.25) is 9.69 Å². The average molecular weight is 365 g/mol. The Bertz CT molecular complexity index is 812. The van der Waals surface area contributed by atoms with Gasteiger partial charge in [0.2, 0.25) is 0 Å². The lowest BCUT2D eigenvalue weighted by Gasteiger charge is -2.25. The summed E-state index contributed by atoms with van der Waals surface area (Å²) in [6.07, 6.45) is 3.97. The monoisotopic (exact) mass is 365 g/mol. The molecule has 6 nitrogen and oxygen atoms in total. The lowest BCUT2D eigenvalue weighted by Crippen LogP contribution is -2.40. The van der Waals surface area contributed by atoms with Gasteiger partial charge in [-0.25, -0.2) is 4.79 Å². The van der Waals surface area contributed by atoms with Crippen LogP contribution >= 0.6 is 0 Å². The normalized spacial score (nSPS) is 12.2. The molecule has 2 aromatic carbocycles. The third kappa shape index (κ3) is 4.54. The maximum Gasteiger partial charge on any atom is 0.327 e. The molecule has 0 saturated carbocycles. The van der Waals surface area contributed by atoms with E-state index in [1.807, 2.05) is 79.7 Å². The van der Waals surface area contributed by atoms with Gasteiger partial charge in [-0.05, 0) is 37.4 Å². The van der Waals surface area contributed by atoms with E-state index in [9.17, 15) is 9.59 Å². The molecular weight excluding hydrogens is 342 g/mol. The van der Waals surface area contributed by atoms with Gasteiger partial charge in [-0.2, -0.15) is 0 Å². The molecule has 1 N–H and O–H groups in total. The van der Waals surface area contributed by atoms with E-state index in [0.29, 0.717) is 13.2 Å². The van der Waals surface area contributed by atoms with Crippen molar-refractivity contribution in [3.8, 4) is 0 Å². The first-order valence-corrected chi connectivity index (χ1v) is 8.81. The first kappa shape index (κ1) is 18.7. The van der Waals surface area contributed by atoms with E-state index in [2.05, 4.69) is 5.32 Å². The van der Waals surface area contributed by atoms with Crippen LogP contribution in [0.15, 0.2) is 48.5 Å². The fourth-order valence-corrected chi connectivity index (χ4v) is 2.81. The van der Waals surface area contributed by atoms with Crippen molar-refractivity contribution < 1.29 is 14.3 Å². The second-order valence-electron chi connectivity index (χ2n) is 6.47. The summed E-state index contributed by atoms with van der Waals surface area (Å²) in [5, 5.41) is 2.67. The largest absolute Gasteiger partial charge is 0.463 e. The van der Waals surface area contributed by atoms with Crippen LogP contribution in [0.4, 0.5) is 16.2 Å². The molecule has 1 aliphatic heterocycles. The Morgan fingerprint density at radius 2 is 1.52 bits per heavy atom. The van der Waals surface area contributed by atoms with Gasteiger partial charge < -0.3 is 15.0 Å². The van der Waals surface area contributed by atoms with Crippen LogP contribution in [0.2, 0.25) is 0 Å². The van der Waals surface area contributed by atoms with Gasteiger partial charge in [0, 0.05) is 6.54 Å². The minimum Gasteiger partial charge on any atom is -0.463 e. The maximum atomic E-state index is 12.9. The molecule has 27 heavy (non-hydrogen) atoms. The molecule has 2 aromatic rings. The topological polar surface area (TPSA) is 61.9 Å². The number of anilines is 2. The zero-order valence-electron chi connectivity index (χ0n) is 15.5. The molecule has 0 radical (unpaired) electrons. The molecule has 1 aliphatic rings. The van der Waals surface area contributed by atoms with Crippen molar-refractivity contribution in [3.63, 3.8) is 0 Å². The highest BCUT2D eigenvalue weighted by atomic mass is 16.5. The van der Waals surface area contributed by atoms with E-state index in [1.54, 1.807) is 4.90 Å². The van der Waals surface area contributed by atoms with Gasteiger partial charge in [0.15, 0.2) is 0 Å². The van der Waals surface area contributed by atoms with Gasteiger partial charge in [0.25, 0.3) is 0 Å². The van der Waals surface area contributed by atoms with E-state index < -0.39 is 5.97 Å². The van der Waals surface area contributed by atoms with Crippen molar-refractivity contribution in [1.82, 2.24) is 10.2 Å². The predicted molar refractivity (Wildman–Crippen MR) is 107 cm³/mol. The number of carbonyl (C=O) groups is 2. The summed E-state index contributed by atoms with van der Waals surface area (Å²) < 4.78 is 5.13. The van der Waals surface area contributed by atoms with E-state index in [-0.39, 0.29) is 12.6 Å². The van der Waals surface area contributed by atoms with Crippen LogP contribution in [0.25, 0.3) is 12.2 Å². The summed E-state index contributed by atoms with van der Waals surface area (Å²) in [4.78, 5) is 28.3. The Morgan fingerprint density at radius 3 is 2.07 bits per heavy atom. The highest BCUT2D eigenvalue weighted by Crippen LogP contribution is 2.36. The zero-order valence-corrected chi connectivity index (χ0v) is 15.5. The second kappa shape index (κ2) is 8.51. The number of likely N-dealkylation sites (N-methyl/N-ethyl adjacent to an activating group) is 1. The van der Waals surface area contributed by atoms with E-state index in [4.69, 9.17) is 4.74 Å².